The van der Waals surface area contributed by atoms with Crippen LogP contribution < -0.4 is 0 Å². The van der Waals surface area contributed by atoms with Crippen molar-refractivity contribution < 1.29 is 28.2 Å². The molecular weight excluding hydrogens is 438 g/mol. The first-order chi connectivity index (χ1) is 16.3. The van der Waals surface area contributed by atoms with E-state index in [9.17, 15) is 9.59 Å². The maximum atomic E-state index is 13.2. The molecule has 2 heterocycles. The molecule has 34 heavy (non-hydrogen) atoms. The fourth-order valence-electron chi connectivity index (χ4n) is 3.95. The molecule has 0 saturated carbocycles. The number of benzene rings is 1. The molecule has 2 atom stereocenters. The second kappa shape index (κ2) is 11.7. The minimum atomic E-state index is -0.789. The molecule has 0 amide bonds. The number of carbonyl (C=O) groups is 2. The van der Waals surface area contributed by atoms with Gasteiger partial charge in [0.05, 0.1) is 18.3 Å². The average molecular weight is 470 g/mol. The fraction of sp³-hybridized carbons (Fsp3) is 0.480. The van der Waals surface area contributed by atoms with E-state index in [-0.39, 0.29) is 12.7 Å². The lowest BCUT2D eigenvalue weighted by molar-refractivity contribution is -0.150. The van der Waals surface area contributed by atoms with Gasteiger partial charge in [-0.2, -0.15) is 0 Å². The Labute approximate surface area is 199 Å². The Balaban J connectivity index is 2.01. The predicted molar refractivity (Wildman–Crippen MR) is 125 cm³/mol. The average Bonchev–Trinajstić information content (AvgIpc) is 3.33. The molecule has 1 aromatic carbocycles. The minimum Gasteiger partial charge on any atom is -0.462 e. The fourth-order valence-corrected chi connectivity index (χ4v) is 3.95. The molecule has 1 aliphatic rings. The van der Waals surface area contributed by atoms with E-state index < -0.39 is 23.8 Å². The van der Waals surface area contributed by atoms with Crippen molar-refractivity contribution in [1.82, 2.24) is 10.2 Å². The van der Waals surface area contributed by atoms with E-state index in [1.54, 1.807) is 27.7 Å². The predicted octanol–water partition coefficient (Wildman–Crippen LogP) is 4.11. The van der Waals surface area contributed by atoms with E-state index in [0.29, 0.717) is 47.2 Å². The molecule has 0 radical (unpaired) electrons. The van der Waals surface area contributed by atoms with Gasteiger partial charge in [-0.05, 0) is 51.8 Å². The molecule has 0 N–H and O–H groups in total. The molecule has 2 aromatic rings. The maximum absolute atomic E-state index is 13.2. The molecule has 2 unspecified atom stereocenters. The minimum absolute atomic E-state index is 0.105. The van der Waals surface area contributed by atoms with Crippen molar-refractivity contribution in [2.75, 3.05) is 19.8 Å². The number of aromatic nitrogens is 2. The number of carbonyl (C=O) groups excluding carboxylic acids is 2. The SMILES string of the molecule is CCCOCCOC(=O)C1=C(C)N=C(C)C(C(=O)OC(C)C)C1c1cccc(-c2nnco2)c1. The van der Waals surface area contributed by atoms with Crippen LogP contribution >= 0.6 is 0 Å². The molecule has 3 rings (SSSR count). The normalized spacial score (nSPS) is 18.1. The zero-order valence-electron chi connectivity index (χ0n) is 20.2. The first kappa shape index (κ1) is 25.3. The van der Waals surface area contributed by atoms with Gasteiger partial charge in [0.25, 0.3) is 0 Å². The molecule has 0 bridgehead atoms. The van der Waals surface area contributed by atoms with Crippen LogP contribution in [-0.2, 0) is 23.8 Å². The third-order valence-electron chi connectivity index (χ3n) is 5.32. The number of esters is 2. The van der Waals surface area contributed by atoms with E-state index in [0.717, 1.165) is 6.42 Å². The van der Waals surface area contributed by atoms with Crippen molar-refractivity contribution in [1.29, 1.82) is 0 Å². The zero-order chi connectivity index (χ0) is 24.7. The molecule has 0 saturated heterocycles. The van der Waals surface area contributed by atoms with E-state index in [2.05, 4.69) is 15.2 Å². The smallest absolute Gasteiger partial charge is 0.336 e. The summed E-state index contributed by atoms with van der Waals surface area (Å²) in [5.74, 6) is -2.10. The Hall–Kier alpha value is -3.33. The van der Waals surface area contributed by atoms with Crippen LogP contribution in [0.3, 0.4) is 0 Å². The van der Waals surface area contributed by atoms with Gasteiger partial charge in [-0.3, -0.25) is 9.79 Å². The van der Waals surface area contributed by atoms with Crippen LogP contribution in [0.1, 0.15) is 52.5 Å². The first-order valence-electron chi connectivity index (χ1n) is 11.4. The molecule has 182 valence electrons. The van der Waals surface area contributed by atoms with Crippen molar-refractivity contribution in [2.24, 2.45) is 10.9 Å². The number of allylic oxidation sites excluding steroid dienone is 1. The number of hydrogen-bond donors (Lipinski definition) is 0. The Morgan fingerprint density at radius 2 is 1.94 bits per heavy atom. The van der Waals surface area contributed by atoms with E-state index in [1.807, 2.05) is 31.2 Å². The number of hydrogen-bond acceptors (Lipinski definition) is 9. The first-order valence-corrected chi connectivity index (χ1v) is 11.4. The van der Waals surface area contributed by atoms with Gasteiger partial charge >= 0.3 is 11.9 Å². The summed E-state index contributed by atoms with van der Waals surface area (Å²) < 4.78 is 21.8. The summed E-state index contributed by atoms with van der Waals surface area (Å²) in [6, 6.07) is 7.32. The molecule has 0 aliphatic carbocycles. The van der Waals surface area contributed by atoms with Crippen molar-refractivity contribution in [3.05, 3.63) is 47.5 Å². The standard InChI is InChI=1S/C25H31N3O6/c1-6-10-31-11-12-32-24(29)20-16(4)27-17(5)21(25(30)34-15(2)3)22(20)18-8-7-9-19(13-18)23-28-26-14-33-23/h7-9,13-15,21-22H,6,10-12H2,1-5H3. The summed E-state index contributed by atoms with van der Waals surface area (Å²) in [7, 11) is 0. The molecule has 9 nitrogen and oxygen atoms in total. The van der Waals surface area contributed by atoms with Crippen molar-refractivity contribution in [3.63, 3.8) is 0 Å². The van der Waals surface area contributed by atoms with Crippen molar-refractivity contribution in [2.45, 2.75) is 53.1 Å². The lowest BCUT2D eigenvalue weighted by atomic mass is 9.75. The Bertz CT molecular complexity index is 1060. The monoisotopic (exact) mass is 469 g/mol. The van der Waals surface area contributed by atoms with Gasteiger partial charge in [-0.1, -0.05) is 19.1 Å². The van der Waals surface area contributed by atoms with Crippen LogP contribution in [0.4, 0.5) is 0 Å². The van der Waals surface area contributed by atoms with Crippen LogP contribution in [0, 0.1) is 5.92 Å². The number of nitrogens with zero attached hydrogens (tertiary/aromatic N) is 3. The van der Waals surface area contributed by atoms with Crippen LogP contribution in [0.15, 0.2) is 51.3 Å². The molecule has 0 spiro atoms. The van der Waals surface area contributed by atoms with E-state index in [1.165, 1.54) is 6.39 Å². The van der Waals surface area contributed by atoms with Gasteiger partial charge < -0.3 is 18.6 Å². The van der Waals surface area contributed by atoms with Crippen LogP contribution in [-0.4, -0.2) is 53.8 Å². The summed E-state index contributed by atoms with van der Waals surface area (Å²) in [5.41, 5.74) is 2.76. The summed E-state index contributed by atoms with van der Waals surface area (Å²) in [5, 5.41) is 7.70. The highest BCUT2D eigenvalue weighted by Gasteiger charge is 2.42. The molecule has 9 heteroatoms. The highest BCUT2D eigenvalue weighted by molar-refractivity contribution is 6.07. The van der Waals surface area contributed by atoms with Crippen molar-refractivity contribution >= 4 is 17.7 Å². The van der Waals surface area contributed by atoms with Crippen LogP contribution in [0.2, 0.25) is 0 Å². The van der Waals surface area contributed by atoms with Crippen LogP contribution in [0.5, 0.6) is 0 Å². The summed E-state index contributed by atoms with van der Waals surface area (Å²) in [6.07, 6.45) is 1.81. The zero-order valence-corrected chi connectivity index (χ0v) is 20.2. The van der Waals surface area contributed by atoms with E-state index >= 15 is 0 Å². The summed E-state index contributed by atoms with van der Waals surface area (Å²) in [4.78, 5) is 30.9. The lowest BCUT2D eigenvalue weighted by Gasteiger charge is -2.32. The second-order valence-corrected chi connectivity index (χ2v) is 8.31. The van der Waals surface area contributed by atoms with Gasteiger partial charge in [-0.25, -0.2) is 4.79 Å². The Kier molecular flexibility index (Phi) is 8.70. The van der Waals surface area contributed by atoms with Crippen molar-refractivity contribution in [3.8, 4) is 11.5 Å². The van der Waals surface area contributed by atoms with E-state index in [4.69, 9.17) is 18.6 Å². The molecule has 1 aliphatic heterocycles. The third-order valence-corrected chi connectivity index (χ3v) is 5.32. The molecule has 1 aromatic heterocycles. The lowest BCUT2D eigenvalue weighted by Crippen LogP contribution is -2.37. The highest BCUT2D eigenvalue weighted by atomic mass is 16.6. The largest absolute Gasteiger partial charge is 0.462 e. The van der Waals surface area contributed by atoms with Gasteiger partial charge in [0.2, 0.25) is 12.3 Å². The van der Waals surface area contributed by atoms with Gasteiger partial charge in [0.1, 0.15) is 12.5 Å². The van der Waals surface area contributed by atoms with Crippen LogP contribution in [0.25, 0.3) is 11.5 Å². The highest BCUT2D eigenvalue weighted by Crippen LogP contribution is 2.41. The Morgan fingerprint density at radius 3 is 2.62 bits per heavy atom. The summed E-state index contributed by atoms with van der Waals surface area (Å²) >= 11 is 0. The van der Waals surface area contributed by atoms with Gasteiger partial charge in [0.15, 0.2) is 0 Å². The quantitative estimate of drug-likeness (QED) is 0.377. The molecule has 0 fully saturated rings. The van der Waals surface area contributed by atoms with Gasteiger partial charge in [-0.15, -0.1) is 10.2 Å². The molecular formula is C25H31N3O6. The Morgan fingerprint density at radius 1 is 1.15 bits per heavy atom. The number of ether oxygens (including phenoxy) is 3. The topological polar surface area (TPSA) is 113 Å². The number of rotatable bonds is 10. The van der Waals surface area contributed by atoms with Gasteiger partial charge in [0, 0.05) is 29.5 Å². The number of aliphatic imine (C=N–C) groups is 1. The summed E-state index contributed by atoms with van der Waals surface area (Å²) in [6.45, 7) is 10.1. The second-order valence-electron chi connectivity index (χ2n) is 8.31. The maximum Gasteiger partial charge on any atom is 0.336 e. The third kappa shape index (κ3) is 5.96.